The van der Waals surface area contributed by atoms with E-state index in [9.17, 15) is 9.18 Å². The summed E-state index contributed by atoms with van der Waals surface area (Å²) in [5.74, 6) is -0.182. The number of fused-ring (bicyclic) bond motifs is 1. The average Bonchev–Trinajstić information content (AvgIpc) is 2.72. The molecule has 3 aromatic rings. The molecule has 4 rings (SSSR count). The molecule has 27 heavy (non-hydrogen) atoms. The highest BCUT2D eigenvalue weighted by Crippen LogP contribution is 2.21. The summed E-state index contributed by atoms with van der Waals surface area (Å²) in [6.07, 6.45) is 1.75. The van der Waals surface area contributed by atoms with Crippen LogP contribution < -0.4 is 10.2 Å². The SMILES string of the molecule is O=C(CNc1cccc2cccnc12)N1CCN(c2ccccc2F)CC1. The second kappa shape index (κ2) is 7.61. The molecule has 1 fully saturated rings. The minimum atomic E-state index is -0.220. The molecule has 1 N–H and O–H groups in total. The van der Waals surface area contributed by atoms with Crippen LogP contribution >= 0.6 is 0 Å². The van der Waals surface area contributed by atoms with Gasteiger partial charge in [-0.2, -0.15) is 0 Å². The number of nitrogens with zero attached hydrogens (tertiary/aromatic N) is 3. The van der Waals surface area contributed by atoms with Crippen LogP contribution in [0.2, 0.25) is 0 Å². The van der Waals surface area contributed by atoms with Gasteiger partial charge in [0.15, 0.2) is 0 Å². The van der Waals surface area contributed by atoms with Crippen LogP contribution in [0.3, 0.4) is 0 Å². The zero-order valence-electron chi connectivity index (χ0n) is 14.9. The van der Waals surface area contributed by atoms with Gasteiger partial charge < -0.3 is 15.1 Å². The van der Waals surface area contributed by atoms with Crippen molar-refractivity contribution < 1.29 is 9.18 Å². The van der Waals surface area contributed by atoms with E-state index in [4.69, 9.17) is 0 Å². The van der Waals surface area contributed by atoms with Crippen LogP contribution in [0.15, 0.2) is 60.8 Å². The van der Waals surface area contributed by atoms with E-state index in [1.54, 1.807) is 18.3 Å². The summed E-state index contributed by atoms with van der Waals surface area (Å²) >= 11 is 0. The Hall–Kier alpha value is -3.15. The summed E-state index contributed by atoms with van der Waals surface area (Å²) in [5.41, 5.74) is 2.31. The third-order valence-electron chi connectivity index (χ3n) is 4.89. The van der Waals surface area contributed by atoms with E-state index in [0.717, 1.165) is 16.6 Å². The fourth-order valence-electron chi connectivity index (χ4n) is 3.43. The normalized spacial score (nSPS) is 14.4. The number of nitrogens with one attached hydrogen (secondary N) is 1. The van der Waals surface area contributed by atoms with Crippen LogP contribution in [0.1, 0.15) is 0 Å². The Morgan fingerprint density at radius 3 is 2.59 bits per heavy atom. The number of piperazine rings is 1. The van der Waals surface area contributed by atoms with Gasteiger partial charge in [-0.05, 0) is 24.3 Å². The molecule has 1 aromatic heterocycles. The molecule has 0 bridgehead atoms. The van der Waals surface area contributed by atoms with Crippen molar-refractivity contribution in [2.45, 2.75) is 0 Å². The van der Waals surface area contributed by atoms with E-state index in [0.29, 0.717) is 31.9 Å². The van der Waals surface area contributed by atoms with Gasteiger partial charge in [0.1, 0.15) is 5.82 Å². The minimum Gasteiger partial charge on any atom is -0.374 e. The molecule has 1 aliphatic rings. The summed E-state index contributed by atoms with van der Waals surface area (Å²) in [5, 5.41) is 4.25. The minimum absolute atomic E-state index is 0.0381. The zero-order chi connectivity index (χ0) is 18.6. The van der Waals surface area contributed by atoms with Crippen LogP contribution in [0.5, 0.6) is 0 Å². The van der Waals surface area contributed by atoms with Gasteiger partial charge in [0.25, 0.3) is 0 Å². The van der Waals surface area contributed by atoms with Gasteiger partial charge in [0.2, 0.25) is 5.91 Å². The molecule has 1 amide bonds. The van der Waals surface area contributed by atoms with E-state index in [1.165, 1.54) is 6.07 Å². The molecule has 2 aromatic carbocycles. The number of carbonyl (C=O) groups is 1. The summed E-state index contributed by atoms with van der Waals surface area (Å²) in [6, 6.07) is 16.5. The highest BCUT2D eigenvalue weighted by molar-refractivity contribution is 5.92. The Bertz CT molecular complexity index is 948. The van der Waals surface area contributed by atoms with E-state index in [-0.39, 0.29) is 18.3 Å². The van der Waals surface area contributed by atoms with Crippen LogP contribution in [0, 0.1) is 5.82 Å². The fraction of sp³-hybridized carbons (Fsp3) is 0.238. The molecule has 0 unspecified atom stereocenters. The van der Waals surface area contributed by atoms with Crippen molar-refractivity contribution in [1.82, 2.24) is 9.88 Å². The van der Waals surface area contributed by atoms with Gasteiger partial charge >= 0.3 is 0 Å². The number of carbonyl (C=O) groups excluding carboxylic acids is 1. The number of hydrogen-bond donors (Lipinski definition) is 1. The molecule has 0 radical (unpaired) electrons. The molecule has 2 heterocycles. The van der Waals surface area contributed by atoms with Gasteiger partial charge in [-0.3, -0.25) is 9.78 Å². The van der Waals surface area contributed by atoms with Gasteiger partial charge in [-0.25, -0.2) is 4.39 Å². The zero-order valence-corrected chi connectivity index (χ0v) is 14.9. The van der Waals surface area contributed by atoms with Gasteiger partial charge in [0, 0.05) is 37.8 Å². The molecular weight excluding hydrogens is 343 g/mol. The highest BCUT2D eigenvalue weighted by Gasteiger charge is 2.22. The Kier molecular flexibility index (Phi) is 4.87. The number of amides is 1. The molecule has 0 atom stereocenters. The maximum Gasteiger partial charge on any atom is 0.241 e. The quantitative estimate of drug-likeness (QED) is 0.773. The summed E-state index contributed by atoms with van der Waals surface area (Å²) in [7, 11) is 0. The van der Waals surface area contributed by atoms with Gasteiger partial charge in [0.05, 0.1) is 23.4 Å². The molecule has 0 aliphatic carbocycles. The van der Waals surface area contributed by atoms with E-state index in [2.05, 4.69) is 10.3 Å². The molecule has 0 spiro atoms. The number of halogens is 1. The van der Waals surface area contributed by atoms with Crippen LogP contribution in [0.4, 0.5) is 15.8 Å². The van der Waals surface area contributed by atoms with Gasteiger partial charge in [-0.1, -0.05) is 30.3 Å². The van der Waals surface area contributed by atoms with Crippen molar-refractivity contribution in [3.63, 3.8) is 0 Å². The van der Waals surface area contributed by atoms with Crippen molar-refractivity contribution >= 4 is 28.2 Å². The third-order valence-corrected chi connectivity index (χ3v) is 4.89. The van der Waals surface area contributed by atoms with Crippen molar-refractivity contribution in [3.05, 3.63) is 66.6 Å². The number of aromatic nitrogens is 1. The Morgan fingerprint density at radius 1 is 1.00 bits per heavy atom. The topological polar surface area (TPSA) is 48.5 Å². The third kappa shape index (κ3) is 3.69. The van der Waals surface area contributed by atoms with Crippen LogP contribution in [-0.2, 0) is 4.79 Å². The highest BCUT2D eigenvalue weighted by atomic mass is 19.1. The molecule has 1 saturated heterocycles. The number of hydrogen-bond acceptors (Lipinski definition) is 4. The Labute approximate surface area is 157 Å². The summed E-state index contributed by atoms with van der Waals surface area (Å²) < 4.78 is 13.9. The van der Waals surface area contributed by atoms with Crippen molar-refractivity contribution in [1.29, 1.82) is 0 Å². The van der Waals surface area contributed by atoms with Crippen molar-refractivity contribution in [3.8, 4) is 0 Å². The number of rotatable bonds is 4. The maximum absolute atomic E-state index is 13.9. The molecule has 138 valence electrons. The lowest BCUT2D eigenvalue weighted by Gasteiger charge is -2.36. The first kappa shape index (κ1) is 17.3. The Morgan fingerprint density at radius 2 is 1.78 bits per heavy atom. The largest absolute Gasteiger partial charge is 0.374 e. The van der Waals surface area contributed by atoms with E-state index < -0.39 is 0 Å². The lowest BCUT2D eigenvalue weighted by atomic mass is 10.2. The first-order valence-electron chi connectivity index (χ1n) is 9.07. The van der Waals surface area contributed by atoms with E-state index >= 15 is 0 Å². The summed E-state index contributed by atoms with van der Waals surface area (Å²) in [6.45, 7) is 2.64. The molecular formula is C21H21FN4O. The monoisotopic (exact) mass is 364 g/mol. The smallest absolute Gasteiger partial charge is 0.241 e. The fourth-order valence-corrected chi connectivity index (χ4v) is 3.43. The number of benzene rings is 2. The van der Waals surface area contributed by atoms with E-state index in [1.807, 2.05) is 46.2 Å². The lowest BCUT2D eigenvalue weighted by Crippen LogP contribution is -2.50. The number of anilines is 2. The predicted octanol–water partition coefficient (Wildman–Crippen LogP) is 3.13. The summed E-state index contributed by atoms with van der Waals surface area (Å²) in [4.78, 5) is 20.8. The Balaban J connectivity index is 1.35. The van der Waals surface area contributed by atoms with Gasteiger partial charge in [-0.15, -0.1) is 0 Å². The number of para-hydroxylation sites is 2. The maximum atomic E-state index is 13.9. The standard InChI is InChI=1S/C21H21FN4O/c22-17-7-1-2-9-19(17)25-11-13-26(14-12-25)20(27)15-24-18-8-3-5-16-6-4-10-23-21(16)18/h1-10,24H,11-15H2. The lowest BCUT2D eigenvalue weighted by molar-refractivity contribution is -0.129. The van der Waals surface area contributed by atoms with Crippen LogP contribution in [0.25, 0.3) is 10.9 Å². The van der Waals surface area contributed by atoms with Crippen molar-refractivity contribution in [2.24, 2.45) is 0 Å². The molecule has 0 saturated carbocycles. The average molecular weight is 364 g/mol. The first-order valence-corrected chi connectivity index (χ1v) is 9.07. The predicted molar refractivity (Wildman–Crippen MR) is 105 cm³/mol. The second-order valence-corrected chi connectivity index (χ2v) is 6.55. The molecule has 6 heteroatoms. The molecule has 1 aliphatic heterocycles. The molecule has 5 nitrogen and oxygen atoms in total. The van der Waals surface area contributed by atoms with Crippen molar-refractivity contribution in [2.75, 3.05) is 42.9 Å². The number of pyridine rings is 1. The second-order valence-electron chi connectivity index (χ2n) is 6.55. The van der Waals surface area contributed by atoms with Crippen LogP contribution in [-0.4, -0.2) is 48.5 Å². The first-order chi connectivity index (χ1) is 13.2.